The van der Waals surface area contributed by atoms with Crippen LogP contribution >= 0.6 is 0 Å². The summed E-state index contributed by atoms with van der Waals surface area (Å²) in [6.45, 7) is 4.49. The summed E-state index contributed by atoms with van der Waals surface area (Å²) in [6.07, 6.45) is -0.561. The largest absolute Gasteiger partial charge is 0.416 e. The summed E-state index contributed by atoms with van der Waals surface area (Å²) in [7, 11) is 0. The molecule has 5 nitrogen and oxygen atoms in total. The van der Waals surface area contributed by atoms with Crippen LogP contribution in [-0.2, 0) is 19.1 Å². The molecule has 0 N–H and O–H groups in total. The van der Waals surface area contributed by atoms with Gasteiger partial charge in [-0.1, -0.05) is 26.0 Å². The van der Waals surface area contributed by atoms with Gasteiger partial charge >= 0.3 is 6.18 Å². The Morgan fingerprint density at radius 1 is 1.26 bits per heavy atom. The molecule has 0 spiro atoms. The Morgan fingerprint density at radius 2 is 2.04 bits per heavy atom. The molecule has 4 rings (SSSR count). The molecule has 0 saturated heterocycles. The maximum absolute atomic E-state index is 13.1. The molecular weight excluding hydrogens is 357 g/mol. The zero-order valence-corrected chi connectivity index (χ0v) is 14.8. The van der Waals surface area contributed by atoms with Gasteiger partial charge in [0.05, 0.1) is 17.5 Å². The van der Waals surface area contributed by atoms with Crippen LogP contribution in [0.5, 0.6) is 0 Å². The highest BCUT2D eigenvalue weighted by molar-refractivity contribution is 5.82. The van der Waals surface area contributed by atoms with Gasteiger partial charge in [0.2, 0.25) is 0 Å². The Bertz CT molecular complexity index is 1120. The fourth-order valence-electron chi connectivity index (χ4n) is 3.36. The van der Waals surface area contributed by atoms with Crippen molar-refractivity contribution < 1.29 is 13.2 Å². The predicted octanol–water partition coefficient (Wildman–Crippen LogP) is 3.71. The van der Waals surface area contributed by atoms with Crippen molar-refractivity contribution in [3.05, 3.63) is 63.8 Å². The molecule has 0 aliphatic carbocycles. The van der Waals surface area contributed by atoms with Gasteiger partial charge in [0.1, 0.15) is 11.2 Å². The van der Waals surface area contributed by atoms with Crippen LogP contribution in [0.2, 0.25) is 0 Å². The second-order valence-corrected chi connectivity index (χ2v) is 7.00. The minimum atomic E-state index is -4.42. The molecular formula is C19H17F3N4O. The summed E-state index contributed by atoms with van der Waals surface area (Å²) in [5, 5.41) is 4.62. The molecule has 0 amide bonds. The second-order valence-electron chi connectivity index (χ2n) is 7.00. The number of aromatic nitrogens is 4. The standard InChI is InChI=1S/C19H17F3N4O/c1-11(2)8-16-24-17(27)14-10-23-26-15(6-7-25(16)18(14)26)12-4-3-5-13(9-12)19(20,21)22/h3-6,9-11H,7-8H2,1-2H3. The number of hydrogen-bond acceptors (Lipinski definition) is 3. The number of allylic oxidation sites excluding steroid dienone is 1. The van der Waals surface area contributed by atoms with Gasteiger partial charge in [0, 0.05) is 18.5 Å². The molecule has 1 aliphatic rings. The van der Waals surface area contributed by atoms with E-state index in [0.717, 1.165) is 12.1 Å². The van der Waals surface area contributed by atoms with Crippen molar-refractivity contribution in [1.29, 1.82) is 0 Å². The maximum Gasteiger partial charge on any atom is 0.416 e. The van der Waals surface area contributed by atoms with E-state index in [-0.39, 0.29) is 5.56 Å². The van der Waals surface area contributed by atoms with Gasteiger partial charge in [-0.15, -0.1) is 0 Å². The van der Waals surface area contributed by atoms with Crippen molar-refractivity contribution in [2.45, 2.75) is 33.0 Å². The van der Waals surface area contributed by atoms with E-state index in [4.69, 9.17) is 0 Å². The van der Waals surface area contributed by atoms with Gasteiger partial charge in [-0.05, 0) is 24.1 Å². The lowest BCUT2D eigenvalue weighted by atomic mass is 10.1. The third kappa shape index (κ3) is 2.94. The summed E-state index contributed by atoms with van der Waals surface area (Å²) < 4.78 is 42.7. The summed E-state index contributed by atoms with van der Waals surface area (Å²) in [5.74, 6) is 0.965. The quantitative estimate of drug-likeness (QED) is 0.702. The van der Waals surface area contributed by atoms with E-state index in [1.165, 1.54) is 16.9 Å². The molecule has 0 atom stereocenters. The Hall–Kier alpha value is -2.90. The van der Waals surface area contributed by atoms with Crippen molar-refractivity contribution in [1.82, 2.24) is 19.3 Å². The van der Waals surface area contributed by atoms with Crippen LogP contribution < -0.4 is 5.56 Å². The minimum Gasteiger partial charge on any atom is -0.310 e. The third-order valence-electron chi connectivity index (χ3n) is 4.54. The molecule has 0 fully saturated rings. The predicted molar refractivity (Wildman–Crippen MR) is 95.1 cm³/mol. The SMILES string of the molecule is CC(C)Cc1nc(=O)c2cnn3c2n1CC=C3c1cccc(C(F)(F)F)c1. The third-order valence-corrected chi connectivity index (χ3v) is 4.54. The van der Waals surface area contributed by atoms with E-state index < -0.39 is 11.7 Å². The molecule has 2 aromatic heterocycles. The second kappa shape index (κ2) is 6.07. The molecule has 3 heterocycles. The zero-order valence-electron chi connectivity index (χ0n) is 14.8. The molecule has 0 saturated carbocycles. The van der Waals surface area contributed by atoms with Crippen LogP contribution in [0, 0.1) is 5.92 Å². The lowest BCUT2D eigenvalue weighted by molar-refractivity contribution is -0.137. The van der Waals surface area contributed by atoms with Crippen molar-refractivity contribution in [3.8, 4) is 0 Å². The minimum absolute atomic E-state index is 0.309. The summed E-state index contributed by atoms with van der Waals surface area (Å²) in [6, 6.07) is 5.12. The van der Waals surface area contributed by atoms with Crippen LogP contribution in [0.25, 0.3) is 16.7 Å². The molecule has 8 heteroatoms. The fraction of sp³-hybridized carbons (Fsp3) is 0.316. The number of benzene rings is 1. The van der Waals surface area contributed by atoms with Gasteiger partial charge in [-0.2, -0.15) is 23.3 Å². The highest BCUT2D eigenvalue weighted by Gasteiger charge is 2.31. The number of alkyl halides is 3. The van der Waals surface area contributed by atoms with Crippen molar-refractivity contribution in [3.63, 3.8) is 0 Å². The van der Waals surface area contributed by atoms with E-state index in [1.807, 2.05) is 24.5 Å². The Kier molecular flexibility index (Phi) is 3.94. The molecule has 0 unspecified atom stereocenters. The number of hydrogen-bond donors (Lipinski definition) is 0. The fourth-order valence-corrected chi connectivity index (χ4v) is 3.36. The smallest absolute Gasteiger partial charge is 0.310 e. The Labute approximate surface area is 152 Å². The van der Waals surface area contributed by atoms with Crippen molar-refractivity contribution >= 4 is 16.7 Å². The van der Waals surface area contributed by atoms with Gasteiger partial charge in [-0.25, -0.2) is 4.68 Å². The molecule has 140 valence electrons. The average molecular weight is 374 g/mol. The molecule has 0 radical (unpaired) electrons. The van der Waals surface area contributed by atoms with E-state index in [0.29, 0.717) is 47.0 Å². The first kappa shape index (κ1) is 17.5. The highest BCUT2D eigenvalue weighted by atomic mass is 19.4. The summed E-state index contributed by atoms with van der Waals surface area (Å²) >= 11 is 0. The van der Waals surface area contributed by atoms with E-state index >= 15 is 0 Å². The van der Waals surface area contributed by atoms with Gasteiger partial charge in [0.15, 0.2) is 5.65 Å². The molecule has 27 heavy (non-hydrogen) atoms. The van der Waals surface area contributed by atoms with Crippen LogP contribution in [0.15, 0.2) is 41.3 Å². The first-order valence-electron chi connectivity index (χ1n) is 8.61. The topological polar surface area (TPSA) is 52.7 Å². The highest BCUT2D eigenvalue weighted by Crippen LogP contribution is 2.32. The summed E-state index contributed by atoms with van der Waals surface area (Å²) in [4.78, 5) is 16.5. The van der Waals surface area contributed by atoms with Crippen LogP contribution in [0.4, 0.5) is 13.2 Å². The zero-order chi connectivity index (χ0) is 19.3. The first-order valence-corrected chi connectivity index (χ1v) is 8.61. The van der Waals surface area contributed by atoms with Crippen molar-refractivity contribution in [2.24, 2.45) is 5.92 Å². The Morgan fingerprint density at radius 3 is 2.74 bits per heavy atom. The average Bonchev–Trinajstić information content (AvgIpc) is 3.04. The van der Waals surface area contributed by atoms with Crippen molar-refractivity contribution in [2.75, 3.05) is 0 Å². The monoisotopic (exact) mass is 374 g/mol. The van der Waals surface area contributed by atoms with Crippen LogP contribution in [0.1, 0.15) is 30.8 Å². The molecule has 1 aromatic carbocycles. The number of nitrogens with zero attached hydrogens (tertiary/aromatic N) is 4. The number of rotatable bonds is 3. The van der Waals surface area contributed by atoms with Gasteiger partial charge in [-0.3, -0.25) is 4.79 Å². The first-order chi connectivity index (χ1) is 12.8. The van der Waals surface area contributed by atoms with E-state index in [9.17, 15) is 18.0 Å². The van der Waals surface area contributed by atoms with Crippen LogP contribution in [0.3, 0.4) is 0 Å². The summed E-state index contributed by atoms with van der Waals surface area (Å²) in [5.41, 5.74) is 0.407. The lowest BCUT2D eigenvalue weighted by Crippen LogP contribution is -2.23. The van der Waals surface area contributed by atoms with E-state index in [1.54, 1.807) is 6.07 Å². The maximum atomic E-state index is 13.1. The van der Waals surface area contributed by atoms with Crippen LogP contribution in [-0.4, -0.2) is 19.3 Å². The lowest BCUT2D eigenvalue weighted by Gasteiger charge is -2.22. The molecule has 0 bridgehead atoms. The van der Waals surface area contributed by atoms with Gasteiger partial charge < -0.3 is 4.57 Å². The van der Waals surface area contributed by atoms with Gasteiger partial charge in [0.25, 0.3) is 5.56 Å². The Balaban J connectivity index is 1.89. The van der Waals surface area contributed by atoms with E-state index in [2.05, 4.69) is 10.1 Å². The normalized spacial score (nSPS) is 14.1. The molecule has 3 aromatic rings. The number of halogens is 3. The molecule has 1 aliphatic heterocycles.